The highest BCUT2D eigenvalue weighted by Gasteiger charge is 2.29. The standard InChI is InChI=1S/C12H13NO2S/c1-13-10(12(14)15-2)8-16-11(13)9-6-4-3-5-7-9/h3-8,11H,1-2H3. The van der Waals surface area contributed by atoms with E-state index >= 15 is 0 Å². The Bertz CT molecular complexity index is 416. The summed E-state index contributed by atoms with van der Waals surface area (Å²) in [6.07, 6.45) is 0. The van der Waals surface area contributed by atoms with Gasteiger partial charge in [0, 0.05) is 12.5 Å². The number of hydrogen-bond acceptors (Lipinski definition) is 4. The summed E-state index contributed by atoms with van der Waals surface area (Å²) in [4.78, 5) is 13.4. The van der Waals surface area contributed by atoms with E-state index in [0.717, 1.165) is 0 Å². The third kappa shape index (κ3) is 1.93. The number of ether oxygens (including phenoxy) is 1. The van der Waals surface area contributed by atoms with Crippen LogP contribution < -0.4 is 0 Å². The van der Waals surface area contributed by atoms with E-state index in [-0.39, 0.29) is 11.3 Å². The first-order valence-corrected chi connectivity index (χ1v) is 5.90. The lowest BCUT2D eigenvalue weighted by Crippen LogP contribution is -2.23. The van der Waals surface area contributed by atoms with Crippen molar-refractivity contribution in [2.24, 2.45) is 0 Å². The number of esters is 1. The molecule has 2 rings (SSSR count). The van der Waals surface area contributed by atoms with Gasteiger partial charge in [0.05, 0.1) is 7.11 Å². The molecule has 1 aromatic carbocycles. The SMILES string of the molecule is COC(=O)C1=CSC(c2ccccc2)N1C. The third-order valence-corrected chi connectivity index (χ3v) is 3.73. The fourth-order valence-electron chi connectivity index (χ4n) is 1.65. The highest BCUT2D eigenvalue weighted by atomic mass is 32.2. The molecule has 0 amide bonds. The van der Waals surface area contributed by atoms with Gasteiger partial charge in [-0.3, -0.25) is 0 Å². The Balaban J connectivity index is 2.17. The Morgan fingerprint density at radius 1 is 1.38 bits per heavy atom. The first kappa shape index (κ1) is 11.1. The molecule has 1 aromatic rings. The molecule has 1 atom stereocenters. The van der Waals surface area contributed by atoms with Crippen LogP contribution in [0.4, 0.5) is 0 Å². The lowest BCUT2D eigenvalue weighted by molar-refractivity contribution is -0.137. The fraction of sp³-hybridized carbons (Fsp3) is 0.250. The highest BCUT2D eigenvalue weighted by molar-refractivity contribution is 8.02. The van der Waals surface area contributed by atoms with Crippen LogP contribution in [0.25, 0.3) is 0 Å². The third-order valence-electron chi connectivity index (χ3n) is 2.52. The van der Waals surface area contributed by atoms with Crippen molar-refractivity contribution in [3.05, 3.63) is 47.0 Å². The highest BCUT2D eigenvalue weighted by Crippen LogP contribution is 2.41. The van der Waals surface area contributed by atoms with Crippen molar-refractivity contribution in [1.29, 1.82) is 0 Å². The normalized spacial score (nSPS) is 19.5. The monoisotopic (exact) mass is 235 g/mol. The molecule has 0 fully saturated rings. The zero-order valence-corrected chi connectivity index (χ0v) is 10.0. The maximum atomic E-state index is 11.5. The minimum absolute atomic E-state index is 0.162. The molecule has 16 heavy (non-hydrogen) atoms. The Hall–Kier alpha value is -1.42. The minimum atomic E-state index is -0.284. The van der Waals surface area contributed by atoms with Crippen molar-refractivity contribution < 1.29 is 9.53 Å². The zero-order valence-electron chi connectivity index (χ0n) is 9.21. The van der Waals surface area contributed by atoms with Crippen molar-refractivity contribution in [2.75, 3.05) is 14.2 Å². The van der Waals surface area contributed by atoms with Crippen LogP contribution in [0.5, 0.6) is 0 Å². The van der Waals surface area contributed by atoms with E-state index in [4.69, 9.17) is 4.74 Å². The summed E-state index contributed by atoms with van der Waals surface area (Å²) in [5, 5.41) is 2.01. The van der Waals surface area contributed by atoms with Gasteiger partial charge in [0.2, 0.25) is 0 Å². The summed E-state index contributed by atoms with van der Waals surface area (Å²) < 4.78 is 4.73. The second kappa shape index (κ2) is 4.61. The molecule has 0 aromatic heterocycles. The zero-order chi connectivity index (χ0) is 11.5. The van der Waals surface area contributed by atoms with Crippen LogP contribution in [0.15, 0.2) is 41.4 Å². The number of thioether (sulfide) groups is 1. The van der Waals surface area contributed by atoms with Crippen LogP contribution >= 0.6 is 11.8 Å². The average molecular weight is 235 g/mol. The topological polar surface area (TPSA) is 29.5 Å². The molecule has 0 radical (unpaired) electrons. The van der Waals surface area contributed by atoms with E-state index < -0.39 is 0 Å². The van der Waals surface area contributed by atoms with Gasteiger partial charge in [-0.05, 0) is 5.56 Å². The van der Waals surface area contributed by atoms with Gasteiger partial charge in [-0.25, -0.2) is 4.79 Å². The van der Waals surface area contributed by atoms with Crippen LogP contribution in [-0.4, -0.2) is 25.0 Å². The van der Waals surface area contributed by atoms with Gasteiger partial charge < -0.3 is 9.64 Å². The van der Waals surface area contributed by atoms with Crippen LogP contribution in [0, 0.1) is 0 Å². The number of rotatable bonds is 2. The van der Waals surface area contributed by atoms with Gasteiger partial charge in [0.15, 0.2) is 0 Å². The van der Waals surface area contributed by atoms with Crippen LogP contribution in [0.3, 0.4) is 0 Å². The molecule has 4 heteroatoms. The lowest BCUT2D eigenvalue weighted by atomic mass is 10.2. The number of benzene rings is 1. The van der Waals surface area contributed by atoms with Gasteiger partial charge in [0.25, 0.3) is 0 Å². The van der Waals surface area contributed by atoms with E-state index in [2.05, 4.69) is 12.1 Å². The quantitative estimate of drug-likeness (QED) is 0.736. The molecule has 1 aliphatic rings. The molecule has 0 aliphatic carbocycles. The second-order valence-corrected chi connectivity index (χ2v) is 4.46. The maximum Gasteiger partial charge on any atom is 0.354 e. The Morgan fingerprint density at radius 2 is 2.06 bits per heavy atom. The number of nitrogens with zero attached hydrogens (tertiary/aromatic N) is 1. The van der Waals surface area contributed by atoms with Gasteiger partial charge in [-0.1, -0.05) is 30.3 Å². The lowest BCUT2D eigenvalue weighted by Gasteiger charge is -2.23. The molecule has 1 unspecified atom stereocenters. The molecule has 1 heterocycles. The van der Waals surface area contributed by atoms with E-state index in [9.17, 15) is 4.79 Å². The minimum Gasteiger partial charge on any atom is -0.464 e. The molecule has 84 valence electrons. The molecular formula is C12H13NO2S. The first-order chi connectivity index (χ1) is 7.74. The van der Waals surface area contributed by atoms with E-state index in [1.807, 2.05) is 35.6 Å². The first-order valence-electron chi connectivity index (χ1n) is 4.95. The molecule has 0 spiro atoms. The Morgan fingerprint density at radius 3 is 2.69 bits per heavy atom. The predicted molar refractivity (Wildman–Crippen MR) is 64.6 cm³/mol. The van der Waals surface area contributed by atoms with Crippen molar-refractivity contribution in [2.45, 2.75) is 5.37 Å². The summed E-state index contributed by atoms with van der Waals surface area (Å²) in [5.41, 5.74) is 1.80. The second-order valence-electron chi connectivity index (χ2n) is 3.50. The number of carbonyl (C=O) groups is 1. The summed E-state index contributed by atoms with van der Waals surface area (Å²) >= 11 is 1.62. The summed E-state index contributed by atoms with van der Waals surface area (Å²) in [6.45, 7) is 0. The van der Waals surface area contributed by atoms with E-state index in [1.54, 1.807) is 11.8 Å². The smallest absolute Gasteiger partial charge is 0.354 e. The predicted octanol–water partition coefficient (Wildman–Crippen LogP) is 2.38. The van der Waals surface area contributed by atoms with E-state index in [0.29, 0.717) is 5.70 Å². The molecule has 3 nitrogen and oxygen atoms in total. The van der Waals surface area contributed by atoms with E-state index in [1.165, 1.54) is 12.7 Å². The van der Waals surface area contributed by atoms with Gasteiger partial charge in [0.1, 0.15) is 11.1 Å². The number of carbonyl (C=O) groups excluding carboxylic acids is 1. The van der Waals surface area contributed by atoms with Crippen molar-refractivity contribution in [1.82, 2.24) is 4.90 Å². The Labute approximate surface area is 99.1 Å². The number of methoxy groups -OCH3 is 1. The molecule has 0 bridgehead atoms. The summed E-state index contributed by atoms with van der Waals surface area (Å²) in [7, 11) is 3.30. The van der Waals surface area contributed by atoms with Crippen LogP contribution in [0.2, 0.25) is 0 Å². The molecule has 0 saturated heterocycles. The molecule has 1 aliphatic heterocycles. The molecule has 0 saturated carbocycles. The van der Waals surface area contributed by atoms with Crippen LogP contribution in [-0.2, 0) is 9.53 Å². The number of likely N-dealkylation sites (N-methyl/N-ethyl adjacent to an activating group) is 1. The van der Waals surface area contributed by atoms with Gasteiger partial charge >= 0.3 is 5.97 Å². The molecular weight excluding hydrogens is 222 g/mol. The largest absolute Gasteiger partial charge is 0.464 e. The van der Waals surface area contributed by atoms with Crippen molar-refractivity contribution in [3.8, 4) is 0 Å². The fourth-order valence-corrected chi connectivity index (χ4v) is 2.78. The summed E-state index contributed by atoms with van der Waals surface area (Å²) in [6, 6.07) is 10.1. The summed E-state index contributed by atoms with van der Waals surface area (Å²) in [5.74, 6) is -0.284. The average Bonchev–Trinajstić information content (AvgIpc) is 2.71. The maximum absolute atomic E-state index is 11.5. The van der Waals surface area contributed by atoms with Gasteiger partial charge in [-0.15, -0.1) is 11.8 Å². The molecule has 0 N–H and O–H groups in total. The van der Waals surface area contributed by atoms with Gasteiger partial charge in [-0.2, -0.15) is 0 Å². The number of hydrogen-bond donors (Lipinski definition) is 0. The van der Waals surface area contributed by atoms with Crippen molar-refractivity contribution in [3.63, 3.8) is 0 Å². The van der Waals surface area contributed by atoms with Crippen molar-refractivity contribution >= 4 is 17.7 Å². The van der Waals surface area contributed by atoms with Crippen LogP contribution in [0.1, 0.15) is 10.9 Å². The Kier molecular flexibility index (Phi) is 3.19.